The van der Waals surface area contributed by atoms with Gasteiger partial charge in [0, 0.05) is 19.3 Å². The highest BCUT2D eigenvalue weighted by Gasteiger charge is 2.19. The van der Waals surface area contributed by atoms with Gasteiger partial charge in [-0.3, -0.25) is 14.4 Å². The van der Waals surface area contributed by atoms with Crippen LogP contribution in [0.5, 0.6) is 0 Å². The van der Waals surface area contributed by atoms with Gasteiger partial charge in [-0.05, 0) is 70.6 Å². The number of carbonyl (C=O) groups is 3. The fourth-order valence-electron chi connectivity index (χ4n) is 10.5. The Morgan fingerprint density at radius 2 is 0.481 bits per heavy atom. The fourth-order valence-corrected chi connectivity index (χ4v) is 10.5. The van der Waals surface area contributed by atoms with E-state index in [0.717, 1.165) is 96.3 Å². The molecular weight excluding hydrogens is 997 g/mol. The maximum absolute atomic E-state index is 12.9. The molecule has 0 aromatic carbocycles. The van der Waals surface area contributed by atoms with Gasteiger partial charge in [0.25, 0.3) is 0 Å². The molecular formula is C75H134O6. The van der Waals surface area contributed by atoms with Gasteiger partial charge in [-0.1, -0.05) is 351 Å². The number of unbranched alkanes of at least 4 members (excludes halogenated alkanes) is 42. The van der Waals surface area contributed by atoms with Crippen LogP contribution in [0.2, 0.25) is 0 Å². The van der Waals surface area contributed by atoms with Crippen molar-refractivity contribution in [2.75, 3.05) is 13.2 Å². The number of rotatable bonds is 65. The van der Waals surface area contributed by atoms with Crippen LogP contribution in [-0.4, -0.2) is 37.2 Å². The topological polar surface area (TPSA) is 78.9 Å². The average Bonchev–Trinajstić information content (AvgIpc) is 3.47. The van der Waals surface area contributed by atoms with Gasteiger partial charge in [-0.25, -0.2) is 0 Å². The molecule has 0 spiro atoms. The summed E-state index contributed by atoms with van der Waals surface area (Å²) in [6.07, 6.45) is 90.8. The maximum Gasteiger partial charge on any atom is 0.306 e. The molecule has 0 rings (SSSR count). The van der Waals surface area contributed by atoms with Crippen molar-refractivity contribution in [3.63, 3.8) is 0 Å². The monoisotopic (exact) mass is 1130 g/mol. The SMILES string of the molecule is CC/C=C\C/C=C\C/C=C\C/C=C\C/C=C\C/C=C\CCCCCCCCCCCCCCC(=O)OCC(COC(=O)CCCCCCCCCCCC)OC(=O)CCCCCCCCCCCCCCCCCCCCCCCC. The minimum atomic E-state index is -0.772. The zero-order chi connectivity index (χ0) is 58.5. The molecule has 6 heteroatoms. The number of esters is 3. The Morgan fingerprint density at radius 3 is 0.753 bits per heavy atom. The minimum absolute atomic E-state index is 0.0694. The van der Waals surface area contributed by atoms with E-state index in [9.17, 15) is 14.4 Å². The molecule has 81 heavy (non-hydrogen) atoms. The van der Waals surface area contributed by atoms with Gasteiger partial charge < -0.3 is 14.2 Å². The standard InChI is InChI=1S/C75H134O6/c1-4-7-10-13-16-19-22-24-26-28-30-32-34-35-36-37-38-39-40-41-42-44-45-47-49-51-53-56-59-62-65-68-74(77)80-71-72(70-79-73(76)67-64-61-58-55-21-18-15-12-9-6-3)81-75(78)69-66-63-60-57-54-52-50-48-46-43-33-31-29-27-25-23-20-17-14-11-8-5-2/h7,10,16,19,24,26,30,32,35-36,38-39,72H,4-6,8-9,11-15,17-18,20-23,25,27-29,31,33-34,37,40-71H2,1-3H3/b10-7-,19-16-,26-24-,32-30-,36-35-,39-38-. The molecule has 0 aliphatic carbocycles. The van der Waals surface area contributed by atoms with Crippen LogP contribution in [-0.2, 0) is 28.6 Å². The minimum Gasteiger partial charge on any atom is -0.462 e. The molecule has 0 aromatic heterocycles. The summed E-state index contributed by atoms with van der Waals surface area (Å²) in [4.78, 5) is 38.3. The number of carbonyl (C=O) groups excluding carboxylic acids is 3. The van der Waals surface area contributed by atoms with Crippen molar-refractivity contribution in [1.82, 2.24) is 0 Å². The third-order valence-electron chi connectivity index (χ3n) is 15.7. The van der Waals surface area contributed by atoms with Crippen LogP contribution in [0.25, 0.3) is 0 Å². The van der Waals surface area contributed by atoms with E-state index in [-0.39, 0.29) is 31.1 Å². The molecule has 0 aliphatic rings. The smallest absolute Gasteiger partial charge is 0.306 e. The predicted molar refractivity (Wildman–Crippen MR) is 353 cm³/mol. The molecule has 0 saturated heterocycles. The molecule has 470 valence electrons. The van der Waals surface area contributed by atoms with Gasteiger partial charge in [0.1, 0.15) is 13.2 Å². The summed E-state index contributed by atoms with van der Waals surface area (Å²) in [5, 5.41) is 0. The lowest BCUT2D eigenvalue weighted by atomic mass is 10.0. The van der Waals surface area contributed by atoms with Gasteiger partial charge in [0.05, 0.1) is 0 Å². The molecule has 0 amide bonds. The molecule has 1 unspecified atom stereocenters. The normalized spacial score (nSPS) is 12.5. The second-order valence-corrected chi connectivity index (χ2v) is 23.8. The fraction of sp³-hybridized carbons (Fsp3) is 0.800. The van der Waals surface area contributed by atoms with E-state index in [1.807, 2.05) is 0 Å². The van der Waals surface area contributed by atoms with Crippen molar-refractivity contribution in [1.29, 1.82) is 0 Å². The predicted octanol–water partition coefficient (Wildman–Crippen LogP) is 24.4. The van der Waals surface area contributed by atoms with Crippen LogP contribution in [0.1, 0.15) is 367 Å². The molecule has 0 aromatic rings. The summed E-state index contributed by atoms with van der Waals surface area (Å²) in [5.74, 6) is -0.850. The molecule has 0 saturated carbocycles. The lowest BCUT2D eigenvalue weighted by Gasteiger charge is -2.18. The van der Waals surface area contributed by atoms with Gasteiger partial charge in [-0.2, -0.15) is 0 Å². The molecule has 0 bridgehead atoms. The van der Waals surface area contributed by atoms with Crippen LogP contribution >= 0.6 is 0 Å². The van der Waals surface area contributed by atoms with Crippen molar-refractivity contribution in [3.05, 3.63) is 72.9 Å². The second-order valence-electron chi connectivity index (χ2n) is 23.8. The highest BCUT2D eigenvalue weighted by molar-refractivity contribution is 5.71. The number of hydrogen-bond acceptors (Lipinski definition) is 6. The van der Waals surface area contributed by atoms with Crippen molar-refractivity contribution >= 4 is 17.9 Å². The van der Waals surface area contributed by atoms with Crippen molar-refractivity contribution in [2.45, 2.75) is 374 Å². The molecule has 0 fully saturated rings. The first-order chi connectivity index (χ1) is 40.0. The zero-order valence-corrected chi connectivity index (χ0v) is 54.1. The quantitative estimate of drug-likeness (QED) is 0.0261. The van der Waals surface area contributed by atoms with E-state index in [0.29, 0.717) is 19.3 Å². The lowest BCUT2D eigenvalue weighted by molar-refractivity contribution is -0.167. The summed E-state index contributed by atoms with van der Waals surface area (Å²) < 4.78 is 17.0. The van der Waals surface area contributed by atoms with E-state index in [1.165, 1.54) is 231 Å². The molecule has 0 aliphatic heterocycles. The highest BCUT2D eigenvalue weighted by atomic mass is 16.6. The van der Waals surface area contributed by atoms with Crippen molar-refractivity contribution < 1.29 is 28.6 Å². The second kappa shape index (κ2) is 69.3. The molecule has 0 N–H and O–H groups in total. The van der Waals surface area contributed by atoms with E-state index in [4.69, 9.17) is 14.2 Å². The Labute approximate surface area is 503 Å². The van der Waals surface area contributed by atoms with Gasteiger partial charge in [0.2, 0.25) is 0 Å². The van der Waals surface area contributed by atoms with Gasteiger partial charge in [-0.15, -0.1) is 0 Å². The van der Waals surface area contributed by atoms with Crippen LogP contribution < -0.4 is 0 Å². The van der Waals surface area contributed by atoms with Crippen LogP contribution in [0.4, 0.5) is 0 Å². The third-order valence-corrected chi connectivity index (χ3v) is 15.7. The molecule has 1 atom stereocenters. The Bertz CT molecular complexity index is 1490. The van der Waals surface area contributed by atoms with Crippen LogP contribution in [0, 0.1) is 0 Å². The zero-order valence-electron chi connectivity index (χ0n) is 54.1. The summed E-state index contributed by atoms with van der Waals surface area (Å²) in [6.45, 7) is 6.57. The summed E-state index contributed by atoms with van der Waals surface area (Å²) in [5.41, 5.74) is 0. The maximum atomic E-state index is 12.9. The number of ether oxygens (including phenoxy) is 3. The average molecular weight is 1130 g/mol. The van der Waals surface area contributed by atoms with E-state index >= 15 is 0 Å². The van der Waals surface area contributed by atoms with Crippen LogP contribution in [0.3, 0.4) is 0 Å². The van der Waals surface area contributed by atoms with Gasteiger partial charge in [0.15, 0.2) is 6.10 Å². The molecule has 0 radical (unpaired) electrons. The summed E-state index contributed by atoms with van der Waals surface area (Å²) in [6, 6.07) is 0. The molecule has 0 heterocycles. The number of hydrogen-bond donors (Lipinski definition) is 0. The van der Waals surface area contributed by atoms with E-state index < -0.39 is 6.10 Å². The third kappa shape index (κ3) is 67.5. The first kappa shape index (κ1) is 77.9. The largest absolute Gasteiger partial charge is 0.462 e. The Balaban J connectivity index is 4.15. The highest BCUT2D eigenvalue weighted by Crippen LogP contribution is 2.18. The summed E-state index contributed by atoms with van der Waals surface area (Å²) >= 11 is 0. The Morgan fingerprint density at radius 1 is 0.259 bits per heavy atom. The Hall–Kier alpha value is -3.15. The molecule has 6 nitrogen and oxygen atoms in total. The van der Waals surface area contributed by atoms with Gasteiger partial charge >= 0.3 is 17.9 Å². The van der Waals surface area contributed by atoms with Crippen LogP contribution in [0.15, 0.2) is 72.9 Å². The Kier molecular flexibility index (Phi) is 66.6. The first-order valence-electron chi connectivity index (χ1n) is 35.4. The van der Waals surface area contributed by atoms with E-state index in [2.05, 4.69) is 93.7 Å². The first-order valence-corrected chi connectivity index (χ1v) is 35.4. The van der Waals surface area contributed by atoms with Crippen molar-refractivity contribution in [3.8, 4) is 0 Å². The lowest BCUT2D eigenvalue weighted by Crippen LogP contribution is -2.30. The van der Waals surface area contributed by atoms with Crippen molar-refractivity contribution in [2.24, 2.45) is 0 Å². The van der Waals surface area contributed by atoms with E-state index in [1.54, 1.807) is 0 Å². The number of allylic oxidation sites excluding steroid dienone is 12. The summed E-state index contributed by atoms with van der Waals surface area (Å²) in [7, 11) is 0.